The molecule has 0 N–H and O–H groups in total. The molecule has 0 saturated carbocycles. The molecule has 34 heavy (non-hydrogen) atoms. The standard InChI is InChI=1S/C24H28O10/c1-12-24(10-17(30-5)20(26)18(11-24)31-6)19(23(27)32-7)21(33-12)14-8-15(28-3)22(34-13(2)25)16(9-14)29-4/h8-12,19,21H,1-7H3/t12-,19+,21-/m1/s1. The molecule has 3 rings (SSSR count). The van der Waals surface area contributed by atoms with Crippen LogP contribution >= 0.6 is 0 Å². The Morgan fingerprint density at radius 2 is 1.44 bits per heavy atom. The lowest BCUT2D eigenvalue weighted by molar-refractivity contribution is -0.149. The van der Waals surface area contributed by atoms with Gasteiger partial charge in [0.1, 0.15) is 5.92 Å². The smallest absolute Gasteiger partial charge is 0.312 e. The molecule has 0 unspecified atom stereocenters. The molecule has 0 aromatic heterocycles. The summed E-state index contributed by atoms with van der Waals surface area (Å²) in [5, 5.41) is 0. The first kappa shape index (κ1) is 25.1. The average molecular weight is 476 g/mol. The number of Topliss-reactive ketones (excluding diaryl/α,β-unsaturated/α-hetero) is 1. The Morgan fingerprint density at radius 1 is 0.912 bits per heavy atom. The van der Waals surface area contributed by atoms with Crippen LogP contribution < -0.4 is 14.2 Å². The Morgan fingerprint density at radius 3 is 1.85 bits per heavy atom. The van der Waals surface area contributed by atoms with Crippen LogP contribution in [0.15, 0.2) is 35.8 Å². The number of hydrogen-bond acceptors (Lipinski definition) is 10. The second-order valence-electron chi connectivity index (χ2n) is 7.80. The number of esters is 2. The highest BCUT2D eigenvalue weighted by molar-refractivity contribution is 6.06. The number of ketones is 1. The van der Waals surface area contributed by atoms with Crippen molar-refractivity contribution in [3.63, 3.8) is 0 Å². The third-order valence-electron chi connectivity index (χ3n) is 6.06. The van der Waals surface area contributed by atoms with E-state index in [0.29, 0.717) is 5.56 Å². The van der Waals surface area contributed by atoms with E-state index in [0.717, 1.165) is 0 Å². The second-order valence-corrected chi connectivity index (χ2v) is 7.80. The number of hydrogen-bond donors (Lipinski definition) is 0. The molecule has 0 amide bonds. The third kappa shape index (κ3) is 4.09. The molecule has 0 radical (unpaired) electrons. The van der Waals surface area contributed by atoms with Crippen LogP contribution in [-0.4, -0.2) is 59.4 Å². The number of ether oxygens (including phenoxy) is 7. The molecule has 10 heteroatoms. The Kier molecular flexibility index (Phi) is 7.21. The van der Waals surface area contributed by atoms with Crippen LogP contribution in [0, 0.1) is 11.3 Å². The number of rotatable bonds is 7. The molecule has 1 heterocycles. The lowest BCUT2D eigenvalue weighted by Gasteiger charge is -2.34. The van der Waals surface area contributed by atoms with Crippen molar-refractivity contribution >= 4 is 17.7 Å². The summed E-state index contributed by atoms with van der Waals surface area (Å²) in [5.74, 6) is -1.89. The first-order valence-electron chi connectivity index (χ1n) is 10.4. The fourth-order valence-corrected chi connectivity index (χ4v) is 4.43. The van der Waals surface area contributed by atoms with Gasteiger partial charge in [0.05, 0.1) is 53.2 Å². The Labute approximate surface area is 197 Å². The van der Waals surface area contributed by atoms with E-state index >= 15 is 0 Å². The van der Waals surface area contributed by atoms with Gasteiger partial charge in [-0.2, -0.15) is 0 Å². The lowest BCUT2D eigenvalue weighted by Crippen LogP contribution is -2.40. The van der Waals surface area contributed by atoms with Crippen molar-refractivity contribution in [2.24, 2.45) is 11.3 Å². The summed E-state index contributed by atoms with van der Waals surface area (Å²) in [6, 6.07) is 3.20. The minimum absolute atomic E-state index is 0.0321. The van der Waals surface area contributed by atoms with Crippen molar-refractivity contribution in [2.75, 3.05) is 35.5 Å². The van der Waals surface area contributed by atoms with E-state index in [1.807, 2.05) is 0 Å². The van der Waals surface area contributed by atoms with Gasteiger partial charge in [-0.3, -0.25) is 14.4 Å². The van der Waals surface area contributed by atoms with E-state index in [9.17, 15) is 14.4 Å². The van der Waals surface area contributed by atoms with E-state index in [1.165, 1.54) is 42.5 Å². The molecule has 3 atom stereocenters. The molecular formula is C24H28O10. The Hall–Kier alpha value is -3.53. The summed E-state index contributed by atoms with van der Waals surface area (Å²) in [6.45, 7) is 3.04. The zero-order valence-corrected chi connectivity index (χ0v) is 20.1. The summed E-state index contributed by atoms with van der Waals surface area (Å²) in [7, 11) is 6.83. The van der Waals surface area contributed by atoms with Crippen LogP contribution in [0.3, 0.4) is 0 Å². The van der Waals surface area contributed by atoms with Gasteiger partial charge in [0.2, 0.25) is 5.75 Å². The van der Waals surface area contributed by atoms with Gasteiger partial charge in [0, 0.05) is 6.92 Å². The van der Waals surface area contributed by atoms with Crippen molar-refractivity contribution in [1.29, 1.82) is 0 Å². The SMILES string of the molecule is COC(=O)[C@@H]1[C@@H](c2cc(OC)c(OC(C)=O)c(OC)c2)O[C@H](C)C12C=C(OC)C(=O)C(OC)=C2. The van der Waals surface area contributed by atoms with Crippen molar-refractivity contribution in [2.45, 2.75) is 26.1 Å². The Bertz CT molecular complexity index is 1000. The molecule has 1 aliphatic heterocycles. The highest BCUT2D eigenvalue weighted by Gasteiger charge is 2.59. The van der Waals surface area contributed by atoms with E-state index < -0.39 is 41.3 Å². The number of carbonyl (C=O) groups excluding carboxylic acids is 3. The highest BCUT2D eigenvalue weighted by Crippen LogP contribution is 2.56. The summed E-state index contributed by atoms with van der Waals surface area (Å²) in [6.07, 6.45) is 1.72. The lowest BCUT2D eigenvalue weighted by atomic mass is 9.68. The van der Waals surface area contributed by atoms with E-state index in [2.05, 4.69) is 0 Å². The number of methoxy groups -OCH3 is 5. The van der Waals surface area contributed by atoms with Crippen LogP contribution in [0.2, 0.25) is 0 Å². The van der Waals surface area contributed by atoms with E-state index in [-0.39, 0.29) is 28.8 Å². The summed E-state index contributed by atoms with van der Waals surface area (Å²) < 4.78 is 38.1. The first-order chi connectivity index (χ1) is 16.2. The normalized spacial score (nSPS) is 23.0. The van der Waals surface area contributed by atoms with Crippen molar-refractivity contribution in [1.82, 2.24) is 0 Å². The van der Waals surface area contributed by atoms with E-state index in [1.54, 1.807) is 31.2 Å². The zero-order valence-electron chi connectivity index (χ0n) is 20.1. The molecule has 1 spiro atoms. The molecule has 1 aromatic carbocycles. The fourth-order valence-electron chi connectivity index (χ4n) is 4.43. The van der Waals surface area contributed by atoms with Gasteiger partial charge in [-0.25, -0.2) is 0 Å². The average Bonchev–Trinajstić information content (AvgIpc) is 3.10. The summed E-state index contributed by atoms with van der Waals surface area (Å²) in [5.41, 5.74) is -0.599. The molecule has 1 saturated heterocycles. The van der Waals surface area contributed by atoms with Crippen LogP contribution in [-0.2, 0) is 33.3 Å². The largest absolute Gasteiger partial charge is 0.493 e. The van der Waals surface area contributed by atoms with Gasteiger partial charge < -0.3 is 33.2 Å². The molecule has 0 bridgehead atoms. The molecule has 10 nitrogen and oxygen atoms in total. The van der Waals surface area contributed by atoms with Gasteiger partial charge in [-0.1, -0.05) is 0 Å². The topological polar surface area (TPSA) is 116 Å². The Balaban J connectivity index is 2.22. The van der Waals surface area contributed by atoms with Gasteiger partial charge in [0.25, 0.3) is 5.78 Å². The van der Waals surface area contributed by atoms with E-state index in [4.69, 9.17) is 33.2 Å². The van der Waals surface area contributed by atoms with Gasteiger partial charge in [-0.05, 0) is 36.8 Å². The molecule has 1 aromatic rings. The molecular weight excluding hydrogens is 448 g/mol. The summed E-state index contributed by atoms with van der Waals surface area (Å²) >= 11 is 0. The van der Waals surface area contributed by atoms with Crippen LogP contribution in [0.25, 0.3) is 0 Å². The maximum absolute atomic E-state index is 13.2. The predicted octanol–water partition coefficient (Wildman–Crippen LogP) is 2.51. The maximum atomic E-state index is 13.2. The molecule has 1 fully saturated rings. The predicted molar refractivity (Wildman–Crippen MR) is 117 cm³/mol. The van der Waals surface area contributed by atoms with Crippen LogP contribution in [0.4, 0.5) is 0 Å². The van der Waals surface area contributed by atoms with Crippen molar-refractivity contribution in [3.05, 3.63) is 41.4 Å². The minimum Gasteiger partial charge on any atom is -0.493 e. The molecule has 2 aliphatic rings. The maximum Gasteiger partial charge on any atom is 0.312 e. The fraction of sp³-hybridized carbons (Fsp3) is 0.458. The molecule has 184 valence electrons. The summed E-state index contributed by atoms with van der Waals surface area (Å²) in [4.78, 5) is 37.3. The quantitative estimate of drug-likeness (QED) is 0.429. The number of carbonyl (C=O) groups is 3. The van der Waals surface area contributed by atoms with Gasteiger partial charge >= 0.3 is 11.9 Å². The second kappa shape index (κ2) is 9.76. The molecule has 1 aliphatic carbocycles. The zero-order chi connectivity index (χ0) is 25.2. The van der Waals surface area contributed by atoms with Gasteiger partial charge in [-0.15, -0.1) is 0 Å². The highest BCUT2D eigenvalue weighted by atomic mass is 16.6. The van der Waals surface area contributed by atoms with Gasteiger partial charge in [0.15, 0.2) is 23.0 Å². The van der Waals surface area contributed by atoms with Crippen LogP contribution in [0.1, 0.15) is 25.5 Å². The minimum atomic E-state index is -1.11. The first-order valence-corrected chi connectivity index (χ1v) is 10.4. The number of benzene rings is 1. The van der Waals surface area contributed by atoms with Crippen molar-refractivity contribution in [3.8, 4) is 17.2 Å². The third-order valence-corrected chi connectivity index (χ3v) is 6.06. The van der Waals surface area contributed by atoms with Crippen LogP contribution in [0.5, 0.6) is 17.2 Å². The van der Waals surface area contributed by atoms with Crippen molar-refractivity contribution < 1.29 is 47.5 Å². The monoisotopic (exact) mass is 476 g/mol.